The number of halogens is 1. The highest BCUT2D eigenvalue weighted by molar-refractivity contribution is 6.31. The predicted octanol–water partition coefficient (Wildman–Crippen LogP) is 4.89. The maximum atomic E-state index is 6.40. The highest BCUT2D eigenvalue weighted by Gasteiger charge is 2.15. The first-order chi connectivity index (χ1) is 10.1. The van der Waals surface area contributed by atoms with Gasteiger partial charge in [0, 0.05) is 17.5 Å². The summed E-state index contributed by atoms with van der Waals surface area (Å²) in [5.41, 5.74) is 5.27. The number of hydrogen-bond donors (Lipinski definition) is 1. The number of benzene rings is 2. The Morgan fingerprint density at radius 2 is 1.71 bits per heavy atom. The van der Waals surface area contributed by atoms with Crippen LogP contribution in [0.15, 0.2) is 42.5 Å². The van der Waals surface area contributed by atoms with Crippen LogP contribution in [0.5, 0.6) is 0 Å². The minimum absolute atomic E-state index is 0.403. The molecule has 112 valence electrons. The lowest BCUT2D eigenvalue weighted by Gasteiger charge is -2.20. The summed E-state index contributed by atoms with van der Waals surface area (Å²) >= 11 is 6.40. The zero-order chi connectivity index (χ0) is 15.2. The van der Waals surface area contributed by atoms with Gasteiger partial charge in [-0.3, -0.25) is 0 Å². The number of aryl methyl sites for hydroxylation is 2. The molecule has 2 aromatic carbocycles. The molecular weight excluding hydrogens is 278 g/mol. The zero-order valence-electron chi connectivity index (χ0n) is 13.1. The fourth-order valence-electron chi connectivity index (χ4n) is 2.89. The smallest absolute Gasteiger partial charge is 0.0441 e. The molecule has 0 fully saturated rings. The molecule has 0 bridgehead atoms. The molecule has 0 aliphatic heterocycles. The Morgan fingerprint density at radius 1 is 1.05 bits per heavy atom. The van der Waals surface area contributed by atoms with E-state index in [4.69, 9.17) is 11.6 Å². The molecule has 0 amide bonds. The van der Waals surface area contributed by atoms with Crippen LogP contribution in [0.2, 0.25) is 5.02 Å². The van der Waals surface area contributed by atoms with Gasteiger partial charge in [0.05, 0.1) is 0 Å². The molecular formula is C19H24ClN. The van der Waals surface area contributed by atoms with Crippen LogP contribution in [0.1, 0.15) is 35.1 Å². The van der Waals surface area contributed by atoms with E-state index in [-0.39, 0.29) is 0 Å². The molecule has 0 spiro atoms. The number of nitrogens with one attached hydrogen (secondary N) is 1. The van der Waals surface area contributed by atoms with Gasteiger partial charge in [0.15, 0.2) is 0 Å². The van der Waals surface area contributed by atoms with E-state index >= 15 is 0 Å². The number of hydrogen-bond acceptors (Lipinski definition) is 1. The van der Waals surface area contributed by atoms with Gasteiger partial charge in [0.25, 0.3) is 0 Å². The Morgan fingerprint density at radius 3 is 2.33 bits per heavy atom. The molecule has 1 atom stereocenters. The summed E-state index contributed by atoms with van der Waals surface area (Å²) in [6.07, 6.45) is 1.01. The van der Waals surface area contributed by atoms with Gasteiger partial charge in [-0.25, -0.2) is 0 Å². The topological polar surface area (TPSA) is 12.0 Å². The highest BCUT2D eigenvalue weighted by Crippen LogP contribution is 2.27. The summed E-state index contributed by atoms with van der Waals surface area (Å²) in [5, 5.41) is 4.33. The largest absolute Gasteiger partial charge is 0.316 e. The van der Waals surface area contributed by atoms with Crippen molar-refractivity contribution in [1.82, 2.24) is 5.32 Å². The summed E-state index contributed by atoms with van der Waals surface area (Å²) in [5.74, 6) is 0.403. The van der Waals surface area contributed by atoms with Gasteiger partial charge >= 0.3 is 0 Å². The Hall–Kier alpha value is -1.31. The summed E-state index contributed by atoms with van der Waals surface area (Å²) in [6.45, 7) is 8.39. The molecule has 2 aromatic rings. The summed E-state index contributed by atoms with van der Waals surface area (Å²) < 4.78 is 0. The maximum absolute atomic E-state index is 6.40. The molecule has 2 heteroatoms. The Kier molecular flexibility index (Phi) is 5.84. The average Bonchev–Trinajstić information content (AvgIpc) is 2.43. The predicted molar refractivity (Wildman–Crippen MR) is 92.4 cm³/mol. The van der Waals surface area contributed by atoms with Crippen molar-refractivity contribution < 1.29 is 0 Å². The number of rotatable bonds is 6. The lowest BCUT2D eigenvalue weighted by Crippen LogP contribution is -2.23. The van der Waals surface area contributed by atoms with Gasteiger partial charge in [-0.1, -0.05) is 66.0 Å². The minimum Gasteiger partial charge on any atom is -0.316 e. The molecule has 21 heavy (non-hydrogen) atoms. The van der Waals surface area contributed by atoms with E-state index in [2.05, 4.69) is 56.4 Å². The summed E-state index contributed by atoms with van der Waals surface area (Å²) in [4.78, 5) is 0. The monoisotopic (exact) mass is 301 g/mol. The molecule has 0 aliphatic rings. The van der Waals surface area contributed by atoms with Gasteiger partial charge in [0.2, 0.25) is 0 Å². The maximum Gasteiger partial charge on any atom is 0.0441 e. The van der Waals surface area contributed by atoms with Crippen LogP contribution in [0, 0.1) is 13.8 Å². The first-order valence-electron chi connectivity index (χ1n) is 7.62. The van der Waals surface area contributed by atoms with Crippen LogP contribution in [-0.2, 0) is 6.42 Å². The molecule has 0 aliphatic carbocycles. The SMILES string of the molecule is CCNCC(Cc1cc(C)cc(C)c1)c1ccccc1Cl. The normalized spacial score (nSPS) is 12.4. The van der Waals surface area contributed by atoms with Crippen LogP contribution in [-0.4, -0.2) is 13.1 Å². The first kappa shape index (κ1) is 16.1. The number of likely N-dealkylation sites (N-methyl/N-ethyl adjacent to an activating group) is 1. The van der Waals surface area contributed by atoms with Crippen LogP contribution in [0.25, 0.3) is 0 Å². The van der Waals surface area contributed by atoms with Gasteiger partial charge in [0.1, 0.15) is 0 Å². The van der Waals surface area contributed by atoms with Crippen molar-refractivity contribution in [2.45, 2.75) is 33.1 Å². The second kappa shape index (κ2) is 7.63. The van der Waals surface area contributed by atoms with Crippen LogP contribution in [0.3, 0.4) is 0 Å². The average molecular weight is 302 g/mol. The summed E-state index contributed by atoms with van der Waals surface area (Å²) in [7, 11) is 0. The lowest BCUT2D eigenvalue weighted by molar-refractivity contribution is 0.595. The third-order valence-corrected chi connectivity index (χ3v) is 4.09. The van der Waals surface area contributed by atoms with Crippen molar-refractivity contribution in [3.63, 3.8) is 0 Å². The molecule has 0 radical (unpaired) electrons. The van der Waals surface area contributed by atoms with Crippen LogP contribution >= 0.6 is 11.6 Å². The van der Waals surface area contributed by atoms with E-state index in [0.717, 1.165) is 24.5 Å². The van der Waals surface area contributed by atoms with E-state index in [1.807, 2.05) is 12.1 Å². The lowest BCUT2D eigenvalue weighted by atomic mass is 9.90. The van der Waals surface area contributed by atoms with Gasteiger partial charge in [-0.05, 0) is 44.0 Å². The molecule has 2 rings (SSSR count). The summed E-state index contributed by atoms with van der Waals surface area (Å²) in [6, 6.07) is 15.0. The second-order valence-corrected chi connectivity index (χ2v) is 6.13. The van der Waals surface area contributed by atoms with Gasteiger partial charge < -0.3 is 5.32 Å². The van der Waals surface area contributed by atoms with Crippen molar-refractivity contribution in [2.24, 2.45) is 0 Å². The van der Waals surface area contributed by atoms with E-state index in [1.54, 1.807) is 0 Å². The van der Waals surface area contributed by atoms with E-state index in [9.17, 15) is 0 Å². The molecule has 0 aromatic heterocycles. The molecule has 1 unspecified atom stereocenters. The second-order valence-electron chi connectivity index (χ2n) is 5.73. The van der Waals surface area contributed by atoms with E-state index in [1.165, 1.54) is 22.3 Å². The van der Waals surface area contributed by atoms with Crippen molar-refractivity contribution in [3.05, 3.63) is 69.7 Å². The zero-order valence-corrected chi connectivity index (χ0v) is 13.9. The van der Waals surface area contributed by atoms with Crippen molar-refractivity contribution in [1.29, 1.82) is 0 Å². The van der Waals surface area contributed by atoms with Crippen molar-refractivity contribution in [3.8, 4) is 0 Å². The molecule has 0 heterocycles. The molecule has 0 saturated heterocycles. The third-order valence-electron chi connectivity index (χ3n) is 3.75. The van der Waals surface area contributed by atoms with Crippen molar-refractivity contribution >= 4 is 11.6 Å². The molecule has 1 nitrogen and oxygen atoms in total. The first-order valence-corrected chi connectivity index (χ1v) is 8.00. The Labute approximate surface area is 133 Å². The van der Waals surface area contributed by atoms with E-state index < -0.39 is 0 Å². The molecule has 0 saturated carbocycles. The fraction of sp³-hybridized carbons (Fsp3) is 0.368. The highest BCUT2D eigenvalue weighted by atomic mass is 35.5. The minimum atomic E-state index is 0.403. The third kappa shape index (κ3) is 4.59. The van der Waals surface area contributed by atoms with Crippen molar-refractivity contribution in [2.75, 3.05) is 13.1 Å². The van der Waals surface area contributed by atoms with Gasteiger partial charge in [-0.15, -0.1) is 0 Å². The molecule has 1 N–H and O–H groups in total. The fourth-order valence-corrected chi connectivity index (χ4v) is 3.18. The Balaban J connectivity index is 2.26. The van der Waals surface area contributed by atoms with Gasteiger partial charge in [-0.2, -0.15) is 0 Å². The standard InChI is InChI=1S/C19H24ClN/c1-4-21-13-17(18-7-5-6-8-19(18)20)12-16-10-14(2)9-15(3)11-16/h5-11,17,21H,4,12-13H2,1-3H3. The van der Waals surface area contributed by atoms with Crippen LogP contribution < -0.4 is 5.32 Å². The quantitative estimate of drug-likeness (QED) is 0.801. The Bertz CT molecular complexity index is 572. The van der Waals surface area contributed by atoms with E-state index in [0.29, 0.717) is 5.92 Å². The van der Waals surface area contributed by atoms with Crippen LogP contribution in [0.4, 0.5) is 0 Å².